The number of esters is 3. The van der Waals surface area contributed by atoms with Crippen LogP contribution in [0.3, 0.4) is 0 Å². The monoisotopic (exact) mass is 810 g/mol. The molecule has 3 rings (SSSR count). The maximum absolute atomic E-state index is 14.3. The molecule has 0 bridgehead atoms. The molecule has 6 atom stereocenters. The van der Waals surface area contributed by atoms with Crippen molar-refractivity contribution >= 4 is 43.1 Å². The highest BCUT2D eigenvalue weighted by molar-refractivity contribution is 7.51. The van der Waals surface area contributed by atoms with Crippen LogP contribution in [0.25, 0.3) is 5.52 Å². The van der Waals surface area contributed by atoms with Gasteiger partial charge in [-0.3, -0.25) is 23.4 Å². The van der Waals surface area contributed by atoms with Crippen molar-refractivity contribution in [1.29, 1.82) is 5.26 Å². The zero-order valence-corrected chi connectivity index (χ0v) is 34.7. The summed E-state index contributed by atoms with van der Waals surface area (Å²) >= 11 is 0. The molecule has 312 valence electrons. The Bertz CT molecular complexity index is 1800. The van der Waals surface area contributed by atoms with Crippen LogP contribution in [0, 0.1) is 28.1 Å². The Morgan fingerprint density at radius 3 is 2.21 bits per heavy atom. The van der Waals surface area contributed by atoms with Crippen LogP contribution in [0.4, 0.5) is 10.6 Å². The van der Waals surface area contributed by atoms with Crippen LogP contribution in [-0.2, 0) is 62.0 Å². The summed E-state index contributed by atoms with van der Waals surface area (Å²) in [6, 6.07) is 3.80. The van der Waals surface area contributed by atoms with E-state index in [0.29, 0.717) is 0 Å². The first-order valence-corrected chi connectivity index (χ1v) is 19.8. The van der Waals surface area contributed by atoms with E-state index in [0.717, 1.165) is 19.2 Å². The Labute approximate surface area is 326 Å². The highest BCUT2D eigenvalue weighted by Crippen LogP contribution is 2.49. The lowest BCUT2D eigenvalue weighted by Crippen LogP contribution is -2.48. The largest absolute Gasteiger partial charge is 0.510 e. The highest BCUT2D eigenvalue weighted by Gasteiger charge is 2.63. The van der Waals surface area contributed by atoms with Crippen LogP contribution in [0.15, 0.2) is 18.5 Å². The van der Waals surface area contributed by atoms with Gasteiger partial charge in [-0.1, -0.05) is 26.7 Å². The Morgan fingerprint density at radius 1 is 1.02 bits per heavy atom. The van der Waals surface area contributed by atoms with Crippen LogP contribution in [-0.4, -0.2) is 89.1 Å². The molecule has 0 spiro atoms. The Balaban J connectivity index is 2.10. The van der Waals surface area contributed by atoms with Gasteiger partial charge in [-0.2, -0.15) is 10.4 Å². The van der Waals surface area contributed by atoms with E-state index < -0.39 is 92.1 Å². The number of fused-ring (bicyclic) bond motifs is 1. The summed E-state index contributed by atoms with van der Waals surface area (Å²) in [5.41, 5.74) is 1.94. The number of ether oxygens (including phenoxy) is 6. The minimum Gasteiger partial charge on any atom is -0.464 e. The maximum atomic E-state index is 14.3. The van der Waals surface area contributed by atoms with E-state index in [1.807, 2.05) is 13.8 Å². The van der Waals surface area contributed by atoms with Gasteiger partial charge in [0.2, 0.25) is 12.4 Å². The number of carbonyl (C=O) groups is 4. The van der Waals surface area contributed by atoms with Gasteiger partial charge in [-0.15, -0.1) is 0 Å². The molecule has 1 aliphatic rings. The lowest BCUT2D eigenvalue weighted by atomic mass is 9.90. The Kier molecular flexibility index (Phi) is 15.4. The average Bonchev–Trinajstić information content (AvgIpc) is 3.67. The fourth-order valence-corrected chi connectivity index (χ4v) is 6.53. The van der Waals surface area contributed by atoms with Crippen LogP contribution in [0.2, 0.25) is 0 Å². The van der Waals surface area contributed by atoms with Crippen molar-refractivity contribution in [3.8, 4) is 6.07 Å². The number of nitrogens with one attached hydrogen (secondary N) is 1. The minimum absolute atomic E-state index is 0.0265. The molecule has 3 heterocycles. The summed E-state index contributed by atoms with van der Waals surface area (Å²) in [6.07, 6.45) is -3.76. The second kappa shape index (κ2) is 18.7. The molecule has 3 N–H and O–H groups in total. The standard InChI is InChI=1S/C36H55N6O13P/c1-12-23(13-2)16-48-30(43)22(5)41-56(47,51-20-49-33(46)52-21(3)4)50-17-25-27(53-31(44)34(6,7)8)28(54-32(45)35(9,10)11)36(18-37,55-25)26-15-14-24-29(38)39-19-40-42(24)26/h14-15,19,21-23,25,27-28H,12-13,16-17,20H2,1-11H3,(H,41,47)(H2,38,39,40)/t22-,25+,27+,28+,36-,56?/m0/s1. The van der Waals surface area contributed by atoms with Crippen molar-refractivity contribution < 1.29 is 61.2 Å². The topological polar surface area (TPSA) is 251 Å². The number of anilines is 1. The highest BCUT2D eigenvalue weighted by atomic mass is 31.2. The number of aromatic nitrogens is 3. The normalized spacial score (nSPS) is 21.6. The van der Waals surface area contributed by atoms with Crippen molar-refractivity contribution in [3.05, 3.63) is 24.2 Å². The third-order valence-corrected chi connectivity index (χ3v) is 10.2. The van der Waals surface area contributed by atoms with Gasteiger partial charge in [0.25, 0.3) is 0 Å². The summed E-state index contributed by atoms with van der Waals surface area (Å²) in [5, 5.41) is 17.7. The van der Waals surface area contributed by atoms with Gasteiger partial charge in [0.1, 0.15) is 30.1 Å². The zero-order valence-electron chi connectivity index (χ0n) is 33.9. The fraction of sp³-hybridized carbons (Fsp3) is 0.694. The number of hydrogen-bond donors (Lipinski definition) is 2. The molecule has 0 saturated carbocycles. The van der Waals surface area contributed by atoms with E-state index in [1.54, 1.807) is 55.4 Å². The molecule has 1 unspecified atom stereocenters. The number of nitrogens with two attached hydrogens (primary N) is 1. The predicted molar refractivity (Wildman–Crippen MR) is 198 cm³/mol. The number of nitrogens with zero attached hydrogens (tertiary/aromatic N) is 4. The molecule has 19 nitrogen and oxygen atoms in total. The Morgan fingerprint density at radius 2 is 1.64 bits per heavy atom. The second-order valence-corrected chi connectivity index (χ2v) is 17.4. The molecule has 1 saturated heterocycles. The second-order valence-electron chi connectivity index (χ2n) is 15.6. The summed E-state index contributed by atoms with van der Waals surface area (Å²) in [6.45, 7) is 16.4. The van der Waals surface area contributed by atoms with Crippen LogP contribution in [0.1, 0.15) is 94.7 Å². The molecular weight excluding hydrogens is 755 g/mol. The van der Waals surface area contributed by atoms with Crippen molar-refractivity contribution in [2.45, 2.75) is 125 Å². The van der Waals surface area contributed by atoms with Crippen LogP contribution < -0.4 is 10.8 Å². The van der Waals surface area contributed by atoms with Gasteiger partial charge in [-0.05, 0) is 80.4 Å². The quantitative estimate of drug-likeness (QED) is 0.0926. The average molecular weight is 811 g/mol. The summed E-state index contributed by atoms with van der Waals surface area (Å²) < 4.78 is 60.5. The first-order valence-electron chi connectivity index (χ1n) is 18.3. The van der Waals surface area contributed by atoms with E-state index in [2.05, 4.69) is 21.2 Å². The van der Waals surface area contributed by atoms with Gasteiger partial charge >= 0.3 is 31.8 Å². The molecule has 1 aliphatic heterocycles. The molecule has 2 aromatic rings. The molecule has 0 amide bonds. The van der Waals surface area contributed by atoms with E-state index in [-0.39, 0.29) is 29.6 Å². The molecule has 0 aromatic carbocycles. The lowest BCUT2D eigenvalue weighted by Gasteiger charge is -2.32. The third-order valence-electron chi connectivity index (χ3n) is 8.59. The summed E-state index contributed by atoms with van der Waals surface area (Å²) in [7, 11) is -4.69. The SMILES string of the molecule is CCC(CC)COC(=O)[C@H](C)NP(=O)(OCOC(=O)OC(C)C)OC[C@H]1O[C@@](C#N)(c2ccc3c(N)ncnn23)[C@H](OC(=O)C(C)(C)C)[C@@H]1OC(=O)C(C)(C)C. The first-order chi connectivity index (χ1) is 26.0. The summed E-state index contributed by atoms with van der Waals surface area (Å²) in [4.78, 5) is 56.1. The van der Waals surface area contributed by atoms with Crippen molar-refractivity contribution in [1.82, 2.24) is 19.7 Å². The Hall–Kier alpha value is -4.34. The summed E-state index contributed by atoms with van der Waals surface area (Å²) in [5.74, 6) is -2.16. The fourth-order valence-electron chi connectivity index (χ4n) is 5.19. The first kappa shape index (κ1) is 46.0. The van der Waals surface area contributed by atoms with Crippen molar-refractivity contribution in [2.75, 3.05) is 25.7 Å². The third kappa shape index (κ3) is 11.4. The number of hydrogen-bond acceptors (Lipinski definition) is 17. The van der Waals surface area contributed by atoms with Crippen LogP contribution >= 0.6 is 7.75 Å². The van der Waals surface area contributed by atoms with Gasteiger partial charge in [0.15, 0.2) is 18.0 Å². The molecule has 56 heavy (non-hydrogen) atoms. The molecule has 20 heteroatoms. The lowest BCUT2D eigenvalue weighted by molar-refractivity contribution is -0.179. The predicted octanol–water partition coefficient (Wildman–Crippen LogP) is 4.96. The molecule has 2 aromatic heterocycles. The number of rotatable bonds is 17. The van der Waals surface area contributed by atoms with E-state index in [1.165, 1.54) is 23.6 Å². The van der Waals surface area contributed by atoms with Crippen molar-refractivity contribution in [3.63, 3.8) is 0 Å². The van der Waals surface area contributed by atoms with Gasteiger partial charge in [0, 0.05) is 0 Å². The number of carbonyl (C=O) groups excluding carboxylic acids is 4. The van der Waals surface area contributed by atoms with Crippen molar-refractivity contribution in [2.24, 2.45) is 16.7 Å². The van der Waals surface area contributed by atoms with Gasteiger partial charge < -0.3 is 34.2 Å². The number of nitrogen functional groups attached to an aromatic ring is 1. The molecule has 0 aliphatic carbocycles. The maximum Gasteiger partial charge on any atom is 0.510 e. The van der Waals surface area contributed by atoms with E-state index in [9.17, 15) is 29.0 Å². The zero-order chi connectivity index (χ0) is 42.2. The van der Waals surface area contributed by atoms with Gasteiger partial charge in [0.05, 0.1) is 35.8 Å². The minimum atomic E-state index is -4.69. The smallest absolute Gasteiger partial charge is 0.464 e. The van der Waals surface area contributed by atoms with Crippen LogP contribution in [0.5, 0.6) is 0 Å². The molecular formula is C36H55N6O13P. The molecule has 0 radical (unpaired) electrons. The number of nitriles is 1. The van der Waals surface area contributed by atoms with E-state index >= 15 is 0 Å². The van der Waals surface area contributed by atoms with E-state index in [4.69, 9.17) is 43.2 Å². The molecule has 1 fully saturated rings. The van der Waals surface area contributed by atoms with Gasteiger partial charge in [-0.25, -0.2) is 23.9 Å².